The van der Waals surface area contributed by atoms with Gasteiger partial charge in [0.15, 0.2) is 0 Å². The molecule has 0 radical (unpaired) electrons. The largest absolute Gasteiger partial charge is 0.371 e. The molecule has 0 saturated heterocycles. The molecule has 0 aliphatic heterocycles. The molecular formula is C16H24O2. The Morgan fingerprint density at radius 3 is 2.44 bits per heavy atom. The maximum Gasteiger partial charge on any atom is 0.123 e. The van der Waals surface area contributed by atoms with Crippen molar-refractivity contribution in [2.24, 2.45) is 5.92 Å². The monoisotopic (exact) mass is 248 g/mol. The average Bonchev–Trinajstić information content (AvgIpc) is 2.89. The normalized spacial score (nSPS) is 23.9. The van der Waals surface area contributed by atoms with Crippen LogP contribution < -0.4 is 0 Å². The molecule has 100 valence electrons. The minimum atomic E-state index is 0.122. The zero-order valence-electron chi connectivity index (χ0n) is 11.6. The Bertz CT molecular complexity index is 334. The van der Waals surface area contributed by atoms with Crippen molar-refractivity contribution in [1.82, 2.24) is 0 Å². The molecule has 2 rings (SSSR count). The van der Waals surface area contributed by atoms with E-state index >= 15 is 0 Å². The van der Waals surface area contributed by atoms with E-state index in [4.69, 9.17) is 4.74 Å². The second-order valence-electron chi connectivity index (χ2n) is 4.52. The van der Waals surface area contributed by atoms with E-state index in [9.17, 15) is 4.79 Å². The van der Waals surface area contributed by atoms with Crippen LogP contribution in [0, 0.1) is 5.92 Å². The summed E-state index contributed by atoms with van der Waals surface area (Å²) in [7, 11) is 0. The molecule has 1 fully saturated rings. The summed E-state index contributed by atoms with van der Waals surface area (Å²) in [4.78, 5) is 10.7. The van der Waals surface area contributed by atoms with Gasteiger partial charge in [-0.15, -0.1) is 0 Å². The van der Waals surface area contributed by atoms with Crippen LogP contribution in [0.5, 0.6) is 0 Å². The molecule has 1 unspecified atom stereocenters. The molecule has 18 heavy (non-hydrogen) atoms. The highest BCUT2D eigenvalue weighted by Gasteiger charge is 2.26. The third kappa shape index (κ3) is 4.26. The lowest BCUT2D eigenvalue weighted by Gasteiger charge is -2.18. The SMILES string of the molecule is CC.CC(O[C@H]1CC[C@@H](C=O)C1)c1ccccc1. The van der Waals surface area contributed by atoms with Gasteiger partial charge in [0.2, 0.25) is 0 Å². The molecule has 0 amide bonds. The summed E-state index contributed by atoms with van der Waals surface area (Å²) in [6.45, 7) is 6.07. The van der Waals surface area contributed by atoms with Crippen molar-refractivity contribution in [3.63, 3.8) is 0 Å². The zero-order valence-corrected chi connectivity index (χ0v) is 11.6. The highest BCUT2D eigenvalue weighted by molar-refractivity contribution is 5.54. The van der Waals surface area contributed by atoms with Crippen molar-refractivity contribution in [2.75, 3.05) is 0 Å². The second-order valence-corrected chi connectivity index (χ2v) is 4.52. The molecule has 1 aliphatic carbocycles. The summed E-state index contributed by atoms with van der Waals surface area (Å²) >= 11 is 0. The highest BCUT2D eigenvalue weighted by atomic mass is 16.5. The fraction of sp³-hybridized carbons (Fsp3) is 0.562. The van der Waals surface area contributed by atoms with E-state index in [2.05, 4.69) is 19.1 Å². The van der Waals surface area contributed by atoms with Gasteiger partial charge >= 0.3 is 0 Å². The molecule has 1 aromatic rings. The lowest BCUT2D eigenvalue weighted by Crippen LogP contribution is -2.12. The van der Waals surface area contributed by atoms with Gasteiger partial charge in [-0.2, -0.15) is 0 Å². The third-order valence-corrected chi connectivity index (χ3v) is 3.28. The van der Waals surface area contributed by atoms with E-state index < -0.39 is 0 Å². The van der Waals surface area contributed by atoms with Crippen LogP contribution in [-0.2, 0) is 9.53 Å². The van der Waals surface area contributed by atoms with Gasteiger partial charge in [0.05, 0.1) is 12.2 Å². The maximum atomic E-state index is 10.7. The summed E-state index contributed by atoms with van der Waals surface area (Å²) in [5, 5.41) is 0. The minimum absolute atomic E-state index is 0.122. The summed E-state index contributed by atoms with van der Waals surface area (Å²) in [5.41, 5.74) is 1.21. The lowest BCUT2D eigenvalue weighted by atomic mass is 10.1. The van der Waals surface area contributed by atoms with Crippen molar-refractivity contribution < 1.29 is 9.53 Å². The van der Waals surface area contributed by atoms with Crippen LogP contribution in [0.15, 0.2) is 30.3 Å². The number of benzene rings is 1. The van der Waals surface area contributed by atoms with Gasteiger partial charge in [-0.25, -0.2) is 0 Å². The van der Waals surface area contributed by atoms with Crippen LogP contribution in [0.4, 0.5) is 0 Å². The summed E-state index contributed by atoms with van der Waals surface area (Å²) in [6.07, 6.45) is 4.33. The molecule has 2 heteroatoms. The number of ether oxygens (including phenoxy) is 1. The first-order chi connectivity index (χ1) is 8.79. The van der Waals surface area contributed by atoms with E-state index in [1.807, 2.05) is 32.0 Å². The quantitative estimate of drug-likeness (QED) is 0.748. The molecule has 3 atom stereocenters. The number of aldehydes is 1. The van der Waals surface area contributed by atoms with Crippen LogP contribution in [0.3, 0.4) is 0 Å². The first-order valence-electron chi connectivity index (χ1n) is 6.95. The molecule has 0 heterocycles. The molecule has 0 spiro atoms. The first kappa shape index (κ1) is 14.9. The zero-order chi connectivity index (χ0) is 13.4. The van der Waals surface area contributed by atoms with Crippen molar-refractivity contribution in [3.05, 3.63) is 35.9 Å². The van der Waals surface area contributed by atoms with Crippen LogP contribution >= 0.6 is 0 Å². The van der Waals surface area contributed by atoms with E-state index in [1.54, 1.807) is 0 Å². The van der Waals surface area contributed by atoms with E-state index in [-0.39, 0.29) is 18.1 Å². The van der Waals surface area contributed by atoms with Crippen LogP contribution in [0.25, 0.3) is 0 Å². The number of rotatable bonds is 4. The number of hydrogen-bond donors (Lipinski definition) is 0. The van der Waals surface area contributed by atoms with Crippen molar-refractivity contribution >= 4 is 6.29 Å². The fourth-order valence-corrected chi connectivity index (χ4v) is 2.31. The summed E-state index contributed by atoms with van der Waals surface area (Å²) in [5.74, 6) is 0.216. The molecule has 1 aliphatic rings. The Morgan fingerprint density at radius 2 is 1.89 bits per heavy atom. The predicted octanol–water partition coefficient (Wildman–Crippen LogP) is 4.16. The Labute approximate surface area is 110 Å². The Kier molecular flexibility index (Phi) is 6.66. The van der Waals surface area contributed by atoms with Crippen molar-refractivity contribution in [3.8, 4) is 0 Å². The standard InChI is InChI=1S/C14H18O2.C2H6/c1-11(13-5-3-2-4-6-13)16-14-8-7-12(9-14)10-15;1-2/h2-6,10-12,14H,7-9H2,1H3;1-2H3/t11?,12-,14+;/m1./s1. The smallest absolute Gasteiger partial charge is 0.123 e. The van der Waals surface area contributed by atoms with E-state index in [0.717, 1.165) is 25.5 Å². The number of carbonyl (C=O) groups is 1. The van der Waals surface area contributed by atoms with Crippen LogP contribution in [0.1, 0.15) is 51.7 Å². The Balaban J connectivity index is 0.000000771. The van der Waals surface area contributed by atoms with Crippen molar-refractivity contribution in [1.29, 1.82) is 0 Å². The van der Waals surface area contributed by atoms with Crippen LogP contribution in [-0.4, -0.2) is 12.4 Å². The molecule has 2 nitrogen and oxygen atoms in total. The van der Waals surface area contributed by atoms with E-state index in [1.165, 1.54) is 5.56 Å². The van der Waals surface area contributed by atoms with Gasteiger partial charge in [-0.3, -0.25) is 0 Å². The minimum Gasteiger partial charge on any atom is -0.371 e. The number of hydrogen-bond acceptors (Lipinski definition) is 2. The summed E-state index contributed by atoms with van der Waals surface area (Å²) in [6, 6.07) is 10.2. The van der Waals surface area contributed by atoms with Gasteiger partial charge in [0, 0.05) is 5.92 Å². The van der Waals surface area contributed by atoms with Crippen LogP contribution in [0.2, 0.25) is 0 Å². The summed E-state index contributed by atoms with van der Waals surface area (Å²) < 4.78 is 5.97. The second kappa shape index (κ2) is 8.04. The molecule has 0 bridgehead atoms. The maximum absolute atomic E-state index is 10.7. The average molecular weight is 248 g/mol. The van der Waals surface area contributed by atoms with Gasteiger partial charge in [-0.05, 0) is 31.7 Å². The lowest BCUT2D eigenvalue weighted by molar-refractivity contribution is -0.111. The predicted molar refractivity (Wildman–Crippen MR) is 74.5 cm³/mol. The molecule has 1 aromatic carbocycles. The first-order valence-corrected chi connectivity index (χ1v) is 6.95. The molecule has 1 saturated carbocycles. The van der Waals surface area contributed by atoms with Gasteiger partial charge in [0.25, 0.3) is 0 Å². The molecule has 0 aromatic heterocycles. The topological polar surface area (TPSA) is 26.3 Å². The van der Waals surface area contributed by atoms with Gasteiger partial charge in [0.1, 0.15) is 6.29 Å². The third-order valence-electron chi connectivity index (χ3n) is 3.28. The fourth-order valence-electron chi connectivity index (χ4n) is 2.31. The highest BCUT2D eigenvalue weighted by Crippen LogP contribution is 2.30. The van der Waals surface area contributed by atoms with Crippen molar-refractivity contribution in [2.45, 2.75) is 52.2 Å². The molecular weight excluding hydrogens is 224 g/mol. The number of carbonyl (C=O) groups excluding carboxylic acids is 1. The Morgan fingerprint density at radius 1 is 1.22 bits per heavy atom. The Hall–Kier alpha value is -1.15. The van der Waals surface area contributed by atoms with E-state index in [0.29, 0.717) is 0 Å². The van der Waals surface area contributed by atoms with Gasteiger partial charge in [-0.1, -0.05) is 44.2 Å². The molecule has 0 N–H and O–H groups in total. The van der Waals surface area contributed by atoms with Gasteiger partial charge < -0.3 is 9.53 Å².